The minimum absolute atomic E-state index is 0.0830. The Kier molecular flexibility index (Phi) is 7.38. The molecule has 0 aromatic heterocycles. The SMILES string of the molecule is COc1cc([N+](=O)[O-])c(Cl)cc1C(=O)NCCN1CCC(O)(c2ccc(Cl)cc2)CC1. The van der Waals surface area contributed by atoms with E-state index in [0.717, 1.165) is 11.6 Å². The number of hydrogen-bond donors (Lipinski definition) is 2. The molecular formula is C21H23Cl2N3O5. The Morgan fingerprint density at radius 2 is 1.90 bits per heavy atom. The summed E-state index contributed by atoms with van der Waals surface area (Å²) in [7, 11) is 1.33. The lowest BCUT2D eigenvalue weighted by molar-refractivity contribution is -0.384. The number of carbonyl (C=O) groups excluding carboxylic acids is 1. The van der Waals surface area contributed by atoms with Crippen LogP contribution in [0.5, 0.6) is 5.75 Å². The van der Waals surface area contributed by atoms with Crippen molar-refractivity contribution in [1.82, 2.24) is 10.2 Å². The topological polar surface area (TPSA) is 105 Å². The quantitative estimate of drug-likeness (QED) is 0.475. The van der Waals surface area contributed by atoms with Gasteiger partial charge < -0.3 is 20.1 Å². The number of nitrogens with zero attached hydrogens (tertiary/aromatic N) is 2. The molecule has 2 aromatic carbocycles. The number of ether oxygens (including phenoxy) is 1. The first-order chi connectivity index (χ1) is 14.7. The van der Waals surface area contributed by atoms with Crippen molar-refractivity contribution >= 4 is 34.8 Å². The van der Waals surface area contributed by atoms with E-state index >= 15 is 0 Å². The zero-order valence-electron chi connectivity index (χ0n) is 16.9. The molecule has 0 radical (unpaired) electrons. The molecule has 0 saturated carbocycles. The first-order valence-electron chi connectivity index (χ1n) is 9.74. The molecule has 1 amide bonds. The molecule has 1 aliphatic rings. The third-order valence-corrected chi connectivity index (χ3v) is 6.04. The van der Waals surface area contributed by atoms with Gasteiger partial charge in [-0.05, 0) is 36.6 Å². The summed E-state index contributed by atoms with van der Waals surface area (Å²) in [5.41, 5.74) is -0.217. The van der Waals surface area contributed by atoms with Crippen LogP contribution in [-0.4, -0.2) is 54.1 Å². The first-order valence-corrected chi connectivity index (χ1v) is 10.5. The summed E-state index contributed by atoms with van der Waals surface area (Å²) in [5.74, 6) is -0.345. The summed E-state index contributed by atoms with van der Waals surface area (Å²) in [5, 5.41) is 25.2. The van der Waals surface area contributed by atoms with E-state index in [4.69, 9.17) is 27.9 Å². The van der Waals surface area contributed by atoms with Crippen molar-refractivity contribution < 1.29 is 19.6 Å². The van der Waals surface area contributed by atoms with Gasteiger partial charge in [-0.1, -0.05) is 35.3 Å². The second-order valence-electron chi connectivity index (χ2n) is 7.40. The van der Waals surface area contributed by atoms with Crippen molar-refractivity contribution in [2.45, 2.75) is 18.4 Å². The van der Waals surface area contributed by atoms with Gasteiger partial charge in [0, 0.05) is 31.2 Å². The highest BCUT2D eigenvalue weighted by molar-refractivity contribution is 6.33. The molecule has 1 heterocycles. The zero-order valence-corrected chi connectivity index (χ0v) is 18.4. The van der Waals surface area contributed by atoms with E-state index in [1.807, 2.05) is 12.1 Å². The summed E-state index contributed by atoms with van der Waals surface area (Å²) < 4.78 is 5.11. The second-order valence-corrected chi connectivity index (χ2v) is 8.24. The van der Waals surface area contributed by atoms with Crippen LogP contribution in [0.1, 0.15) is 28.8 Å². The normalized spacial score (nSPS) is 16.0. The highest BCUT2D eigenvalue weighted by Crippen LogP contribution is 2.34. The Bertz CT molecular complexity index is 960. The van der Waals surface area contributed by atoms with Crippen LogP contribution in [0.3, 0.4) is 0 Å². The lowest BCUT2D eigenvalue weighted by Gasteiger charge is -2.38. The summed E-state index contributed by atoms with van der Waals surface area (Å²) >= 11 is 11.8. The van der Waals surface area contributed by atoms with Gasteiger partial charge in [-0.15, -0.1) is 0 Å². The molecule has 2 aromatic rings. The molecule has 2 N–H and O–H groups in total. The number of likely N-dealkylation sites (tertiary alicyclic amines) is 1. The third-order valence-electron chi connectivity index (χ3n) is 5.49. The monoisotopic (exact) mass is 467 g/mol. The standard InChI is InChI=1S/C21H23Cl2N3O5/c1-31-19-13-18(26(29)30)17(23)12-16(19)20(27)24-8-11-25-9-6-21(28,7-10-25)14-2-4-15(22)5-3-14/h2-5,12-13,28H,6-11H2,1H3,(H,24,27). The molecule has 1 saturated heterocycles. The molecule has 0 spiro atoms. The highest BCUT2D eigenvalue weighted by Gasteiger charge is 2.33. The minimum atomic E-state index is -0.882. The van der Waals surface area contributed by atoms with Crippen molar-refractivity contribution in [2.75, 3.05) is 33.3 Å². The molecule has 0 atom stereocenters. The maximum absolute atomic E-state index is 12.5. The van der Waals surface area contributed by atoms with Gasteiger partial charge in [-0.25, -0.2) is 0 Å². The summed E-state index contributed by atoms with van der Waals surface area (Å²) in [4.78, 5) is 25.1. The lowest BCUT2D eigenvalue weighted by atomic mass is 9.84. The molecule has 0 aliphatic carbocycles. The Labute approximate surface area is 189 Å². The number of aliphatic hydroxyl groups is 1. The smallest absolute Gasteiger partial charge is 0.291 e. The van der Waals surface area contributed by atoms with Crippen LogP contribution in [0.4, 0.5) is 5.69 Å². The van der Waals surface area contributed by atoms with Gasteiger partial charge in [0.15, 0.2) is 0 Å². The second kappa shape index (κ2) is 9.82. The maximum atomic E-state index is 12.5. The van der Waals surface area contributed by atoms with Gasteiger partial charge in [0.05, 0.1) is 29.3 Å². The molecule has 0 bridgehead atoms. The van der Waals surface area contributed by atoms with Gasteiger partial charge in [-0.2, -0.15) is 0 Å². The molecule has 0 unspecified atom stereocenters. The lowest BCUT2D eigenvalue weighted by Crippen LogP contribution is -2.45. The zero-order chi connectivity index (χ0) is 22.6. The number of amides is 1. The van der Waals surface area contributed by atoms with Crippen molar-refractivity contribution in [3.8, 4) is 5.75 Å². The summed E-state index contributed by atoms with van der Waals surface area (Å²) in [6.45, 7) is 2.34. The van der Waals surface area contributed by atoms with Crippen molar-refractivity contribution in [3.05, 3.63) is 67.7 Å². The predicted molar refractivity (Wildman–Crippen MR) is 118 cm³/mol. The average Bonchev–Trinajstić information content (AvgIpc) is 2.75. The Morgan fingerprint density at radius 1 is 1.26 bits per heavy atom. The number of methoxy groups -OCH3 is 1. The van der Waals surface area contributed by atoms with Crippen LogP contribution < -0.4 is 10.1 Å². The van der Waals surface area contributed by atoms with Crippen LogP contribution in [0, 0.1) is 10.1 Å². The van der Waals surface area contributed by atoms with E-state index in [2.05, 4.69) is 10.2 Å². The van der Waals surface area contributed by atoms with E-state index in [-0.39, 0.29) is 22.0 Å². The van der Waals surface area contributed by atoms with E-state index in [9.17, 15) is 20.0 Å². The number of halogens is 2. The van der Waals surface area contributed by atoms with E-state index in [1.165, 1.54) is 13.2 Å². The van der Waals surface area contributed by atoms with E-state index < -0.39 is 16.4 Å². The van der Waals surface area contributed by atoms with Gasteiger partial charge in [0.1, 0.15) is 10.8 Å². The number of nitro benzene ring substituents is 1. The Hall–Kier alpha value is -2.39. The van der Waals surface area contributed by atoms with Crippen molar-refractivity contribution in [3.63, 3.8) is 0 Å². The predicted octanol–water partition coefficient (Wildman–Crippen LogP) is 3.62. The molecular weight excluding hydrogens is 445 g/mol. The van der Waals surface area contributed by atoms with Gasteiger partial charge in [0.2, 0.25) is 0 Å². The number of benzene rings is 2. The van der Waals surface area contributed by atoms with Crippen LogP contribution in [0.15, 0.2) is 36.4 Å². The Balaban J connectivity index is 1.53. The van der Waals surface area contributed by atoms with Crippen LogP contribution in [0.2, 0.25) is 10.0 Å². The number of piperidine rings is 1. The number of hydrogen-bond acceptors (Lipinski definition) is 6. The van der Waals surface area contributed by atoms with Crippen molar-refractivity contribution in [2.24, 2.45) is 0 Å². The minimum Gasteiger partial charge on any atom is -0.496 e. The van der Waals surface area contributed by atoms with E-state index in [0.29, 0.717) is 44.0 Å². The van der Waals surface area contributed by atoms with Crippen LogP contribution in [0.25, 0.3) is 0 Å². The fourth-order valence-electron chi connectivity index (χ4n) is 3.65. The van der Waals surface area contributed by atoms with Gasteiger partial charge in [-0.3, -0.25) is 14.9 Å². The molecule has 1 fully saturated rings. The summed E-state index contributed by atoms with van der Waals surface area (Å²) in [6.07, 6.45) is 1.16. The first kappa shape index (κ1) is 23.3. The molecule has 3 rings (SSSR count). The molecule has 31 heavy (non-hydrogen) atoms. The number of nitro groups is 1. The van der Waals surface area contributed by atoms with Gasteiger partial charge in [0.25, 0.3) is 11.6 Å². The van der Waals surface area contributed by atoms with Gasteiger partial charge >= 0.3 is 0 Å². The van der Waals surface area contributed by atoms with E-state index in [1.54, 1.807) is 12.1 Å². The third kappa shape index (κ3) is 5.46. The molecule has 1 aliphatic heterocycles. The average molecular weight is 468 g/mol. The summed E-state index contributed by atoms with van der Waals surface area (Å²) in [6, 6.07) is 9.62. The Morgan fingerprint density at radius 3 is 2.48 bits per heavy atom. The fraction of sp³-hybridized carbons (Fsp3) is 0.381. The number of nitrogens with one attached hydrogen (secondary N) is 1. The molecule has 10 heteroatoms. The largest absolute Gasteiger partial charge is 0.496 e. The van der Waals surface area contributed by atoms with Crippen LogP contribution in [-0.2, 0) is 5.60 Å². The van der Waals surface area contributed by atoms with Crippen LogP contribution >= 0.6 is 23.2 Å². The number of carbonyl (C=O) groups is 1. The fourth-order valence-corrected chi connectivity index (χ4v) is 4.01. The molecule has 8 nitrogen and oxygen atoms in total. The van der Waals surface area contributed by atoms with Crippen molar-refractivity contribution in [1.29, 1.82) is 0 Å². The highest BCUT2D eigenvalue weighted by atomic mass is 35.5. The maximum Gasteiger partial charge on any atom is 0.291 e. The molecule has 166 valence electrons. The number of rotatable bonds is 7.